The molecule has 0 amide bonds. The van der Waals surface area contributed by atoms with E-state index in [1.54, 1.807) is 0 Å². The van der Waals surface area contributed by atoms with Gasteiger partial charge in [0, 0.05) is 3.57 Å². The molecule has 5 heteroatoms. The Morgan fingerprint density at radius 1 is 1.35 bits per heavy atom. The number of aromatic nitrogens is 2. The second-order valence-corrected chi connectivity index (χ2v) is 6.30. The van der Waals surface area contributed by atoms with Gasteiger partial charge in [-0.1, -0.05) is 0 Å². The molecule has 0 fully saturated rings. The molecule has 0 aliphatic carbocycles. The van der Waals surface area contributed by atoms with Gasteiger partial charge in [0.15, 0.2) is 0 Å². The van der Waals surface area contributed by atoms with Gasteiger partial charge in [0.25, 0.3) is 0 Å². The summed E-state index contributed by atoms with van der Waals surface area (Å²) in [6, 6.07) is 10.3. The van der Waals surface area contributed by atoms with Crippen molar-refractivity contribution in [3.8, 4) is 0 Å². The third-order valence-electron chi connectivity index (χ3n) is 3.40. The van der Waals surface area contributed by atoms with Gasteiger partial charge in [-0.3, -0.25) is 0 Å². The van der Waals surface area contributed by atoms with Crippen molar-refractivity contribution in [2.45, 2.75) is 25.8 Å². The van der Waals surface area contributed by atoms with Gasteiger partial charge >= 0.3 is 0 Å². The van der Waals surface area contributed by atoms with E-state index < -0.39 is 0 Å². The molecule has 0 aliphatic rings. The Bertz CT molecular complexity index is 762. The summed E-state index contributed by atoms with van der Waals surface area (Å²) < 4.78 is 9.07. The number of benzene rings is 1. The van der Waals surface area contributed by atoms with Crippen molar-refractivity contribution < 1.29 is 4.42 Å². The fraction of sp³-hybridized carbons (Fsp3) is 0.267. The molecule has 0 bridgehead atoms. The van der Waals surface area contributed by atoms with Crippen LogP contribution in [0.15, 0.2) is 34.7 Å². The summed E-state index contributed by atoms with van der Waals surface area (Å²) in [7, 11) is 0. The van der Waals surface area contributed by atoms with E-state index in [-0.39, 0.29) is 6.04 Å². The van der Waals surface area contributed by atoms with Crippen LogP contribution in [-0.2, 0) is 5.88 Å². The average molecular weight is 401 g/mol. The van der Waals surface area contributed by atoms with Crippen molar-refractivity contribution in [1.29, 1.82) is 0 Å². The van der Waals surface area contributed by atoms with Crippen LogP contribution in [0.1, 0.15) is 30.3 Å². The quantitative estimate of drug-likeness (QED) is 0.463. The maximum Gasteiger partial charge on any atom is 0.126 e. The van der Waals surface area contributed by atoms with Crippen LogP contribution in [0.3, 0.4) is 0 Å². The molecule has 1 atom stereocenters. The average Bonchev–Trinajstić information content (AvgIpc) is 3.00. The minimum Gasteiger partial charge on any atom is -0.464 e. The molecule has 0 radical (unpaired) electrons. The van der Waals surface area contributed by atoms with E-state index in [2.05, 4.69) is 57.3 Å². The first-order valence-electron chi connectivity index (χ1n) is 6.39. The van der Waals surface area contributed by atoms with E-state index in [4.69, 9.17) is 16.0 Å². The smallest absolute Gasteiger partial charge is 0.126 e. The van der Waals surface area contributed by atoms with Crippen molar-refractivity contribution in [1.82, 2.24) is 9.55 Å². The van der Waals surface area contributed by atoms with Crippen LogP contribution in [0.4, 0.5) is 0 Å². The van der Waals surface area contributed by atoms with E-state index in [1.807, 2.05) is 19.1 Å². The molecule has 104 valence electrons. The first kappa shape index (κ1) is 13.9. The number of aryl methyl sites for hydroxylation is 1. The van der Waals surface area contributed by atoms with Gasteiger partial charge in [0.2, 0.25) is 0 Å². The number of imidazole rings is 1. The van der Waals surface area contributed by atoms with Gasteiger partial charge in [-0.05, 0) is 66.8 Å². The van der Waals surface area contributed by atoms with E-state index in [0.717, 1.165) is 28.4 Å². The Labute approximate surface area is 136 Å². The predicted molar refractivity (Wildman–Crippen MR) is 89.3 cm³/mol. The second-order valence-electron chi connectivity index (χ2n) is 4.79. The summed E-state index contributed by atoms with van der Waals surface area (Å²) >= 11 is 8.36. The molecule has 3 nitrogen and oxygen atoms in total. The molecule has 2 heterocycles. The van der Waals surface area contributed by atoms with Gasteiger partial charge < -0.3 is 8.98 Å². The fourth-order valence-electron chi connectivity index (χ4n) is 2.45. The summed E-state index contributed by atoms with van der Waals surface area (Å²) in [4.78, 5) is 4.63. The number of furan rings is 1. The molecular formula is C15H14ClIN2O. The minimum atomic E-state index is 0.0718. The lowest BCUT2D eigenvalue weighted by molar-refractivity contribution is 0.429. The van der Waals surface area contributed by atoms with Crippen molar-refractivity contribution in [3.63, 3.8) is 0 Å². The highest BCUT2D eigenvalue weighted by atomic mass is 127. The zero-order valence-electron chi connectivity index (χ0n) is 11.2. The number of rotatable bonds is 3. The van der Waals surface area contributed by atoms with E-state index in [0.29, 0.717) is 5.88 Å². The van der Waals surface area contributed by atoms with Gasteiger partial charge in [-0.25, -0.2) is 4.98 Å². The number of hydrogen-bond donors (Lipinski definition) is 0. The Hall–Kier alpha value is -1.01. The third kappa shape index (κ3) is 2.35. The Balaban J connectivity index is 2.18. The molecule has 3 aromatic rings. The Morgan fingerprint density at radius 3 is 2.80 bits per heavy atom. The van der Waals surface area contributed by atoms with Crippen LogP contribution in [-0.4, -0.2) is 9.55 Å². The number of alkyl halides is 1. The number of halogens is 2. The first-order valence-corrected chi connectivity index (χ1v) is 8.00. The number of fused-ring (bicyclic) bond motifs is 1. The fourth-order valence-corrected chi connectivity index (χ4v) is 3.12. The molecule has 20 heavy (non-hydrogen) atoms. The lowest BCUT2D eigenvalue weighted by Gasteiger charge is -2.14. The zero-order chi connectivity index (χ0) is 14.3. The molecule has 0 N–H and O–H groups in total. The topological polar surface area (TPSA) is 31.0 Å². The van der Waals surface area contributed by atoms with Crippen molar-refractivity contribution >= 4 is 45.2 Å². The van der Waals surface area contributed by atoms with Crippen molar-refractivity contribution in [2.75, 3.05) is 0 Å². The monoisotopic (exact) mass is 400 g/mol. The van der Waals surface area contributed by atoms with Crippen molar-refractivity contribution in [3.05, 3.63) is 51.2 Å². The van der Waals surface area contributed by atoms with E-state index >= 15 is 0 Å². The Kier molecular flexibility index (Phi) is 3.77. The standard InChI is InChI=1S/C15H14ClIN2O/c1-9-3-6-14(20-9)10(2)19-13-5-4-11(17)7-12(13)18-15(19)8-16/h3-7,10H,8H2,1-2H3. The molecule has 0 spiro atoms. The molecule has 1 aromatic carbocycles. The van der Waals surface area contributed by atoms with Crippen LogP contribution < -0.4 is 0 Å². The maximum absolute atomic E-state index is 6.06. The molecule has 2 aromatic heterocycles. The largest absolute Gasteiger partial charge is 0.464 e. The van der Waals surface area contributed by atoms with Crippen LogP contribution in [0.25, 0.3) is 11.0 Å². The third-order valence-corrected chi connectivity index (χ3v) is 4.31. The van der Waals surface area contributed by atoms with Crippen LogP contribution >= 0.6 is 34.2 Å². The summed E-state index contributed by atoms with van der Waals surface area (Å²) in [5, 5.41) is 0. The van der Waals surface area contributed by atoms with Gasteiger partial charge in [-0.2, -0.15) is 0 Å². The van der Waals surface area contributed by atoms with E-state index in [1.165, 1.54) is 3.57 Å². The van der Waals surface area contributed by atoms with Gasteiger partial charge in [0.1, 0.15) is 17.3 Å². The predicted octanol–water partition coefficient (Wildman–Crippen LogP) is 4.89. The minimum absolute atomic E-state index is 0.0718. The number of hydrogen-bond acceptors (Lipinski definition) is 2. The molecular weight excluding hydrogens is 387 g/mol. The number of nitrogens with zero attached hydrogens (tertiary/aromatic N) is 2. The van der Waals surface area contributed by atoms with Gasteiger partial charge in [-0.15, -0.1) is 11.6 Å². The molecule has 0 aliphatic heterocycles. The summed E-state index contributed by atoms with van der Waals surface area (Å²) in [5.41, 5.74) is 2.06. The highest BCUT2D eigenvalue weighted by molar-refractivity contribution is 14.1. The van der Waals surface area contributed by atoms with E-state index in [9.17, 15) is 0 Å². The molecule has 0 saturated heterocycles. The SMILES string of the molecule is Cc1ccc(C(C)n2c(CCl)nc3cc(I)ccc32)o1. The lowest BCUT2D eigenvalue weighted by atomic mass is 10.2. The first-order chi connectivity index (χ1) is 9.60. The van der Waals surface area contributed by atoms with Crippen LogP contribution in [0, 0.1) is 10.5 Å². The van der Waals surface area contributed by atoms with Crippen LogP contribution in [0.2, 0.25) is 0 Å². The normalized spacial score (nSPS) is 13.0. The second kappa shape index (κ2) is 5.41. The van der Waals surface area contributed by atoms with Crippen LogP contribution in [0.5, 0.6) is 0 Å². The molecule has 3 rings (SSSR count). The Morgan fingerprint density at radius 2 is 2.15 bits per heavy atom. The summed E-state index contributed by atoms with van der Waals surface area (Å²) in [6.07, 6.45) is 0. The highest BCUT2D eigenvalue weighted by Crippen LogP contribution is 2.28. The van der Waals surface area contributed by atoms with Gasteiger partial charge in [0.05, 0.1) is 23.0 Å². The molecule has 0 saturated carbocycles. The molecule has 1 unspecified atom stereocenters. The zero-order valence-corrected chi connectivity index (χ0v) is 14.1. The lowest BCUT2D eigenvalue weighted by Crippen LogP contribution is -2.09. The summed E-state index contributed by atoms with van der Waals surface area (Å²) in [5.74, 6) is 3.09. The summed E-state index contributed by atoms with van der Waals surface area (Å²) in [6.45, 7) is 4.06. The maximum atomic E-state index is 6.06. The van der Waals surface area contributed by atoms with Crippen molar-refractivity contribution in [2.24, 2.45) is 0 Å². The highest BCUT2D eigenvalue weighted by Gasteiger charge is 2.19.